The van der Waals surface area contributed by atoms with Gasteiger partial charge in [-0.25, -0.2) is 4.79 Å². The molecule has 0 unspecified atom stereocenters. The monoisotopic (exact) mass is 340 g/mol. The molecule has 20 heavy (non-hydrogen) atoms. The lowest BCUT2D eigenvalue weighted by Crippen LogP contribution is -2.42. The zero-order valence-corrected chi connectivity index (χ0v) is 13.7. The largest absolute Gasteiger partial charge is 0.497 e. The summed E-state index contributed by atoms with van der Waals surface area (Å²) in [5.41, 5.74) is 0.739. The van der Waals surface area contributed by atoms with Gasteiger partial charge in [-0.3, -0.25) is 0 Å². The van der Waals surface area contributed by atoms with Crippen molar-refractivity contribution in [2.75, 3.05) is 12.4 Å². The van der Waals surface area contributed by atoms with Gasteiger partial charge in [0.2, 0.25) is 0 Å². The summed E-state index contributed by atoms with van der Waals surface area (Å²) in [4.78, 5) is 14.5. The first-order valence-electron chi connectivity index (χ1n) is 6.99. The number of halogens is 1. The van der Waals surface area contributed by atoms with Gasteiger partial charge >= 0.3 is 6.03 Å². The molecule has 0 aromatic heterocycles. The molecule has 0 bridgehead atoms. The van der Waals surface area contributed by atoms with Crippen LogP contribution in [0.2, 0.25) is 0 Å². The fourth-order valence-corrected chi connectivity index (χ4v) is 3.09. The number of urea groups is 1. The van der Waals surface area contributed by atoms with Crippen LogP contribution < -0.4 is 10.1 Å². The smallest absolute Gasteiger partial charge is 0.322 e. The van der Waals surface area contributed by atoms with Crippen molar-refractivity contribution < 1.29 is 9.53 Å². The molecule has 1 aliphatic rings. The summed E-state index contributed by atoms with van der Waals surface area (Å²) in [5, 5.41) is 2.98. The molecule has 0 radical (unpaired) electrons. The summed E-state index contributed by atoms with van der Waals surface area (Å²) in [6.45, 7) is 4.24. The van der Waals surface area contributed by atoms with Crippen LogP contribution in [0.5, 0.6) is 5.75 Å². The minimum absolute atomic E-state index is 0.0317. The number of ether oxygens (including phenoxy) is 1. The molecular formula is C15H21BrN2O2. The molecule has 1 aliphatic heterocycles. The molecule has 4 nitrogen and oxygen atoms in total. The van der Waals surface area contributed by atoms with Crippen LogP contribution in [-0.2, 0) is 0 Å². The number of rotatable bonds is 3. The normalized spacial score (nSPS) is 21.9. The Kier molecular flexibility index (Phi) is 4.91. The maximum Gasteiger partial charge on any atom is 0.322 e. The average Bonchev–Trinajstić information content (AvgIpc) is 2.82. The molecule has 1 N–H and O–H groups in total. The molecule has 0 saturated carbocycles. The number of likely N-dealkylation sites (tertiary alicyclic amines) is 1. The molecule has 1 aromatic carbocycles. The van der Waals surface area contributed by atoms with Crippen molar-refractivity contribution in [3.8, 4) is 5.75 Å². The predicted octanol–water partition coefficient (Wildman–Crippen LogP) is 4.25. The molecule has 1 aromatic rings. The van der Waals surface area contributed by atoms with E-state index in [2.05, 4.69) is 35.1 Å². The Labute approximate surface area is 128 Å². The number of hydrogen-bond donors (Lipinski definition) is 1. The number of carbonyl (C=O) groups excluding carboxylic acids is 1. The molecule has 2 rings (SSSR count). The van der Waals surface area contributed by atoms with Crippen LogP contribution in [0.3, 0.4) is 0 Å². The first kappa shape index (κ1) is 15.2. The minimum atomic E-state index is -0.0317. The summed E-state index contributed by atoms with van der Waals surface area (Å²) < 4.78 is 6.05. The zero-order valence-electron chi connectivity index (χ0n) is 12.1. The number of methoxy groups -OCH3 is 1. The van der Waals surface area contributed by atoms with Gasteiger partial charge in [-0.15, -0.1) is 0 Å². The van der Waals surface area contributed by atoms with Crippen molar-refractivity contribution in [3.63, 3.8) is 0 Å². The first-order chi connectivity index (χ1) is 9.56. The number of hydrogen-bond acceptors (Lipinski definition) is 2. The van der Waals surface area contributed by atoms with E-state index in [0.29, 0.717) is 12.1 Å². The fraction of sp³-hybridized carbons (Fsp3) is 0.533. The molecule has 2 amide bonds. The number of anilines is 1. The second-order valence-corrected chi connectivity index (χ2v) is 6.03. The van der Waals surface area contributed by atoms with E-state index in [1.165, 1.54) is 0 Å². The third kappa shape index (κ3) is 3.08. The Hall–Kier alpha value is -1.23. The van der Waals surface area contributed by atoms with Gasteiger partial charge in [-0.2, -0.15) is 0 Å². The van der Waals surface area contributed by atoms with Crippen molar-refractivity contribution in [2.45, 2.75) is 45.2 Å². The van der Waals surface area contributed by atoms with Gasteiger partial charge in [0.1, 0.15) is 5.75 Å². The second-order valence-electron chi connectivity index (χ2n) is 5.17. The van der Waals surface area contributed by atoms with Crippen LogP contribution in [0, 0.1) is 0 Å². The average molecular weight is 341 g/mol. The number of nitrogens with zero attached hydrogens (tertiary/aromatic N) is 1. The highest BCUT2D eigenvalue weighted by Gasteiger charge is 2.33. The lowest BCUT2D eigenvalue weighted by atomic mass is 10.2. The van der Waals surface area contributed by atoms with E-state index >= 15 is 0 Å². The van der Waals surface area contributed by atoms with Crippen molar-refractivity contribution in [1.82, 2.24) is 4.90 Å². The van der Waals surface area contributed by atoms with Crippen LogP contribution in [0.4, 0.5) is 10.5 Å². The first-order valence-corrected chi connectivity index (χ1v) is 7.79. The van der Waals surface area contributed by atoms with E-state index < -0.39 is 0 Å². The maximum absolute atomic E-state index is 12.5. The highest BCUT2D eigenvalue weighted by molar-refractivity contribution is 9.10. The highest BCUT2D eigenvalue weighted by Crippen LogP contribution is 2.30. The third-order valence-corrected chi connectivity index (χ3v) is 4.60. The summed E-state index contributed by atoms with van der Waals surface area (Å²) in [6.07, 6.45) is 3.16. The fourth-order valence-electron chi connectivity index (χ4n) is 2.75. The SMILES string of the molecule is CC[C@@H]1CC[C@H](C)N1C(=O)Nc1cc(OC)ccc1Br. The van der Waals surface area contributed by atoms with Crippen molar-refractivity contribution in [1.29, 1.82) is 0 Å². The lowest BCUT2D eigenvalue weighted by molar-refractivity contribution is 0.188. The molecule has 0 aliphatic carbocycles. The molecule has 1 fully saturated rings. The number of nitrogens with one attached hydrogen (secondary N) is 1. The molecule has 0 spiro atoms. The van der Waals surface area contributed by atoms with Crippen LogP contribution in [0.15, 0.2) is 22.7 Å². The molecule has 2 atom stereocenters. The second kappa shape index (κ2) is 6.48. The van der Waals surface area contributed by atoms with Crippen molar-refractivity contribution in [3.05, 3.63) is 22.7 Å². The Balaban J connectivity index is 2.15. The maximum atomic E-state index is 12.5. The predicted molar refractivity (Wildman–Crippen MR) is 84.3 cm³/mol. The van der Waals surface area contributed by atoms with E-state index in [1.807, 2.05) is 23.1 Å². The Bertz CT molecular complexity index is 493. The van der Waals surface area contributed by atoms with E-state index in [1.54, 1.807) is 7.11 Å². The standard InChI is InChI=1S/C15H21BrN2O2/c1-4-11-6-5-10(2)18(11)15(19)17-14-9-12(20-3)7-8-13(14)16/h7-11H,4-6H2,1-3H3,(H,17,19)/t10-,11+/m0/s1. The molecular weight excluding hydrogens is 320 g/mol. The Morgan fingerprint density at radius 1 is 1.50 bits per heavy atom. The summed E-state index contributed by atoms with van der Waals surface area (Å²) in [5.74, 6) is 0.727. The van der Waals surface area contributed by atoms with Gasteiger partial charge in [0.05, 0.1) is 12.8 Å². The third-order valence-electron chi connectivity index (χ3n) is 3.91. The van der Waals surface area contributed by atoms with Crippen LogP contribution in [0.1, 0.15) is 33.1 Å². The number of benzene rings is 1. The Morgan fingerprint density at radius 3 is 2.90 bits per heavy atom. The highest BCUT2D eigenvalue weighted by atomic mass is 79.9. The van der Waals surface area contributed by atoms with Gasteiger partial charge in [0, 0.05) is 22.6 Å². The minimum Gasteiger partial charge on any atom is -0.497 e. The van der Waals surface area contributed by atoms with Crippen molar-refractivity contribution >= 4 is 27.6 Å². The molecule has 110 valence electrons. The molecule has 1 heterocycles. The van der Waals surface area contributed by atoms with Gasteiger partial charge in [0.25, 0.3) is 0 Å². The van der Waals surface area contributed by atoms with Gasteiger partial charge in [-0.05, 0) is 54.2 Å². The number of carbonyl (C=O) groups is 1. The summed E-state index contributed by atoms with van der Waals surface area (Å²) in [7, 11) is 1.62. The van der Waals surface area contributed by atoms with Crippen LogP contribution >= 0.6 is 15.9 Å². The van der Waals surface area contributed by atoms with Gasteiger partial charge in [0.15, 0.2) is 0 Å². The summed E-state index contributed by atoms with van der Waals surface area (Å²) >= 11 is 3.46. The van der Waals surface area contributed by atoms with E-state index in [4.69, 9.17) is 4.74 Å². The van der Waals surface area contributed by atoms with E-state index in [9.17, 15) is 4.79 Å². The lowest BCUT2D eigenvalue weighted by Gasteiger charge is -2.28. The van der Waals surface area contributed by atoms with Gasteiger partial charge < -0.3 is 15.0 Å². The van der Waals surface area contributed by atoms with Crippen LogP contribution in [0.25, 0.3) is 0 Å². The quantitative estimate of drug-likeness (QED) is 0.893. The van der Waals surface area contributed by atoms with E-state index in [-0.39, 0.29) is 6.03 Å². The van der Waals surface area contributed by atoms with Gasteiger partial charge in [-0.1, -0.05) is 6.92 Å². The molecule has 5 heteroatoms. The number of amides is 2. The summed E-state index contributed by atoms with van der Waals surface area (Å²) in [6, 6.07) is 6.16. The zero-order chi connectivity index (χ0) is 14.7. The topological polar surface area (TPSA) is 41.6 Å². The Morgan fingerprint density at radius 2 is 2.25 bits per heavy atom. The van der Waals surface area contributed by atoms with Crippen LogP contribution in [-0.4, -0.2) is 30.1 Å². The molecule has 1 saturated heterocycles. The van der Waals surface area contributed by atoms with E-state index in [0.717, 1.165) is 35.2 Å². The van der Waals surface area contributed by atoms with Crippen molar-refractivity contribution in [2.24, 2.45) is 0 Å².